The van der Waals surface area contributed by atoms with E-state index < -0.39 is 12.0 Å². The third-order valence-electron chi connectivity index (χ3n) is 3.13. The minimum Gasteiger partial charge on any atom is -0.480 e. The molecule has 4 nitrogen and oxygen atoms in total. The van der Waals surface area contributed by atoms with Gasteiger partial charge in [-0.1, -0.05) is 19.8 Å². The van der Waals surface area contributed by atoms with Crippen LogP contribution in [0.5, 0.6) is 0 Å². The van der Waals surface area contributed by atoms with Crippen LogP contribution >= 0.6 is 0 Å². The Labute approximate surface area is 97.4 Å². The number of carboxylic acid groups (broad SMARTS) is 1. The Hall–Kier alpha value is -0.610. The van der Waals surface area contributed by atoms with E-state index in [4.69, 9.17) is 9.84 Å². The van der Waals surface area contributed by atoms with E-state index in [9.17, 15) is 4.79 Å². The molecule has 1 saturated carbocycles. The molecule has 1 fully saturated rings. The van der Waals surface area contributed by atoms with Gasteiger partial charge in [0.15, 0.2) is 0 Å². The van der Waals surface area contributed by atoms with Gasteiger partial charge in [0.1, 0.15) is 6.04 Å². The Morgan fingerprint density at radius 3 is 2.75 bits per heavy atom. The first-order valence-corrected chi connectivity index (χ1v) is 6.28. The zero-order chi connectivity index (χ0) is 11.8. The molecule has 0 bridgehead atoms. The molecule has 0 aliphatic heterocycles. The van der Waals surface area contributed by atoms with E-state index >= 15 is 0 Å². The molecular formula is C12H23NO3. The van der Waals surface area contributed by atoms with E-state index in [-0.39, 0.29) is 0 Å². The molecule has 1 unspecified atom stereocenters. The molecule has 1 atom stereocenters. The summed E-state index contributed by atoms with van der Waals surface area (Å²) in [7, 11) is 0. The lowest BCUT2D eigenvalue weighted by atomic mass is 10.1. The zero-order valence-corrected chi connectivity index (χ0v) is 10.1. The molecule has 4 heteroatoms. The van der Waals surface area contributed by atoms with Gasteiger partial charge in [-0.3, -0.25) is 4.79 Å². The summed E-state index contributed by atoms with van der Waals surface area (Å²) in [6.45, 7) is 3.94. The molecule has 16 heavy (non-hydrogen) atoms. The van der Waals surface area contributed by atoms with E-state index in [1.54, 1.807) is 0 Å². The van der Waals surface area contributed by atoms with Gasteiger partial charge >= 0.3 is 5.97 Å². The minimum atomic E-state index is -0.786. The molecule has 94 valence electrons. The highest BCUT2D eigenvalue weighted by Gasteiger charge is 2.17. The lowest BCUT2D eigenvalue weighted by Gasteiger charge is -2.14. The van der Waals surface area contributed by atoms with Crippen LogP contribution in [0.15, 0.2) is 0 Å². The number of aliphatic carboxylic acids is 1. The highest BCUT2D eigenvalue weighted by Crippen LogP contribution is 2.24. The fourth-order valence-electron chi connectivity index (χ4n) is 2.19. The summed E-state index contributed by atoms with van der Waals surface area (Å²) >= 11 is 0. The Balaban J connectivity index is 2.05. The fraction of sp³-hybridized carbons (Fsp3) is 0.917. The lowest BCUT2D eigenvalue weighted by Crippen LogP contribution is -2.37. The van der Waals surface area contributed by atoms with Gasteiger partial charge in [0.25, 0.3) is 0 Å². The summed E-state index contributed by atoms with van der Waals surface area (Å²) in [5, 5.41) is 11.8. The van der Waals surface area contributed by atoms with Gasteiger partial charge in [0.2, 0.25) is 0 Å². The number of carboxylic acids is 1. The number of nitrogens with one attached hydrogen (secondary N) is 1. The van der Waals surface area contributed by atoms with Crippen molar-refractivity contribution >= 4 is 5.97 Å². The predicted octanol–water partition coefficient (Wildman–Crippen LogP) is 1.65. The normalized spacial score (nSPS) is 18.8. The molecule has 0 aromatic rings. The Morgan fingerprint density at radius 1 is 1.50 bits per heavy atom. The van der Waals surface area contributed by atoms with Gasteiger partial charge < -0.3 is 15.2 Å². The summed E-state index contributed by atoms with van der Waals surface area (Å²) in [5.74, 6) is -0.0753. The van der Waals surface area contributed by atoms with Crippen molar-refractivity contribution in [2.24, 2.45) is 5.92 Å². The first-order chi connectivity index (χ1) is 7.74. The largest absolute Gasteiger partial charge is 0.480 e. The van der Waals surface area contributed by atoms with Crippen molar-refractivity contribution in [3.63, 3.8) is 0 Å². The third kappa shape index (κ3) is 4.94. The predicted molar refractivity (Wildman–Crippen MR) is 62.5 cm³/mol. The van der Waals surface area contributed by atoms with Gasteiger partial charge in [-0.25, -0.2) is 0 Å². The Kier molecular flexibility index (Phi) is 6.42. The maximum atomic E-state index is 10.8. The molecule has 1 rings (SSSR count). The molecule has 1 aliphatic rings. The van der Waals surface area contributed by atoms with Crippen LogP contribution in [0, 0.1) is 5.92 Å². The van der Waals surface area contributed by atoms with Crippen molar-refractivity contribution in [3.05, 3.63) is 0 Å². The summed E-state index contributed by atoms with van der Waals surface area (Å²) < 4.78 is 5.54. The SMILES string of the molecule is CCNC(CCOCC1CCCC1)C(=O)O. The van der Waals surface area contributed by atoms with E-state index in [1.165, 1.54) is 25.7 Å². The number of hydrogen-bond acceptors (Lipinski definition) is 3. The van der Waals surface area contributed by atoms with Crippen LogP contribution in [-0.2, 0) is 9.53 Å². The Morgan fingerprint density at radius 2 is 2.19 bits per heavy atom. The van der Waals surface area contributed by atoms with Gasteiger partial charge in [-0.2, -0.15) is 0 Å². The first kappa shape index (κ1) is 13.5. The topological polar surface area (TPSA) is 58.6 Å². The second-order valence-electron chi connectivity index (χ2n) is 4.46. The van der Waals surface area contributed by atoms with Crippen LogP contribution in [0.3, 0.4) is 0 Å². The van der Waals surface area contributed by atoms with Crippen molar-refractivity contribution in [1.82, 2.24) is 5.32 Å². The number of rotatable bonds is 8. The van der Waals surface area contributed by atoms with Crippen molar-refractivity contribution in [2.75, 3.05) is 19.8 Å². The highest BCUT2D eigenvalue weighted by atomic mass is 16.5. The Bertz CT molecular complexity index is 202. The molecule has 0 radical (unpaired) electrons. The summed E-state index contributed by atoms with van der Waals surface area (Å²) in [5.41, 5.74) is 0. The molecule has 0 aromatic heterocycles. The summed E-state index contributed by atoms with van der Waals surface area (Å²) in [6.07, 6.45) is 5.74. The first-order valence-electron chi connectivity index (χ1n) is 6.28. The number of ether oxygens (including phenoxy) is 1. The van der Waals surface area contributed by atoms with Crippen molar-refractivity contribution < 1.29 is 14.6 Å². The number of likely N-dealkylation sites (N-methyl/N-ethyl adjacent to an activating group) is 1. The molecule has 1 aliphatic carbocycles. The fourth-order valence-corrected chi connectivity index (χ4v) is 2.19. The van der Waals surface area contributed by atoms with Gasteiger partial charge in [0.05, 0.1) is 0 Å². The molecule has 0 spiro atoms. The van der Waals surface area contributed by atoms with Crippen LogP contribution in [0.25, 0.3) is 0 Å². The smallest absolute Gasteiger partial charge is 0.320 e. The summed E-state index contributed by atoms with van der Waals surface area (Å²) in [6, 6.07) is -0.464. The molecule has 0 aromatic carbocycles. The maximum absolute atomic E-state index is 10.8. The van der Waals surface area contributed by atoms with E-state index in [2.05, 4.69) is 5.32 Å². The van der Waals surface area contributed by atoms with Crippen LogP contribution in [0.1, 0.15) is 39.0 Å². The van der Waals surface area contributed by atoms with Crippen molar-refractivity contribution in [2.45, 2.75) is 45.1 Å². The van der Waals surface area contributed by atoms with Crippen LogP contribution in [0.2, 0.25) is 0 Å². The molecule has 0 saturated heterocycles. The number of hydrogen-bond donors (Lipinski definition) is 2. The zero-order valence-electron chi connectivity index (χ0n) is 10.1. The van der Waals surface area contributed by atoms with E-state index in [1.807, 2.05) is 6.92 Å². The lowest BCUT2D eigenvalue weighted by molar-refractivity contribution is -0.140. The van der Waals surface area contributed by atoms with Crippen LogP contribution in [-0.4, -0.2) is 36.9 Å². The standard InChI is InChI=1S/C12H23NO3/c1-2-13-11(12(14)15)7-8-16-9-10-5-3-4-6-10/h10-11,13H,2-9H2,1H3,(H,14,15). The molecule has 0 amide bonds. The number of carbonyl (C=O) groups is 1. The quantitative estimate of drug-likeness (QED) is 0.621. The molecule has 0 heterocycles. The average molecular weight is 229 g/mol. The maximum Gasteiger partial charge on any atom is 0.320 e. The van der Waals surface area contributed by atoms with E-state index in [0.29, 0.717) is 25.5 Å². The second kappa shape index (κ2) is 7.63. The monoisotopic (exact) mass is 229 g/mol. The van der Waals surface area contributed by atoms with Crippen LogP contribution in [0.4, 0.5) is 0 Å². The molecule has 2 N–H and O–H groups in total. The van der Waals surface area contributed by atoms with Crippen molar-refractivity contribution in [3.8, 4) is 0 Å². The average Bonchev–Trinajstić information content (AvgIpc) is 2.75. The van der Waals surface area contributed by atoms with Crippen LogP contribution < -0.4 is 5.32 Å². The molecular weight excluding hydrogens is 206 g/mol. The third-order valence-corrected chi connectivity index (χ3v) is 3.13. The van der Waals surface area contributed by atoms with E-state index in [0.717, 1.165) is 6.61 Å². The minimum absolute atomic E-state index is 0.464. The summed E-state index contributed by atoms with van der Waals surface area (Å²) in [4.78, 5) is 10.8. The van der Waals surface area contributed by atoms with Gasteiger partial charge in [-0.15, -0.1) is 0 Å². The second-order valence-corrected chi connectivity index (χ2v) is 4.46. The van der Waals surface area contributed by atoms with Crippen molar-refractivity contribution in [1.29, 1.82) is 0 Å². The van der Waals surface area contributed by atoms with Gasteiger partial charge in [0, 0.05) is 13.2 Å². The highest BCUT2D eigenvalue weighted by molar-refractivity contribution is 5.73. The van der Waals surface area contributed by atoms with Gasteiger partial charge in [-0.05, 0) is 31.7 Å².